The Morgan fingerprint density at radius 1 is 0.750 bits per heavy atom. The van der Waals surface area contributed by atoms with Crippen LogP contribution in [-0.4, -0.2) is 22.4 Å². The zero-order valence-electron chi connectivity index (χ0n) is 22.2. The molecule has 2 nitrogen and oxygen atoms in total. The summed E-state index contributed by atoms with van der Waals surface area (Å²) in [4.78, 5) is 0. The third-order valence-electron chi connectivity index (χ3n) is 12.9. The van der Waals surface area contributed by atoms with Crippen molar-refractivity contribution in [1.29, 1.82) is 0 Å². The average Bonchev–Trinajstić information content (AvgIpc) is 2.68. The van der Waals surface area contributed by atoms with E-state index in [-0.39, 0.29) is 39.3 Å². The van der Waals surface area contributed by atoms with E-state index in [2.05, 4.69) is 61.5 Å². The Labute approximate surface area is 197 Å². The Morgan fingerprint density at radius 2 is 1.41 bits per heavy atom. The van der Waals surface area contributed by atoms with Crippen LogP contribution in [0.2, 0.25) is 0 Å². The fourth-order valence-electron chi connectivity index (χ4n) is 10.7. The molecule has 3 unspecified atom stereocenters. The van der Waals surface area contributed by atoms with E-state index in [1.165, 1.54) is 38.5 Å². The van der Waals surface area contributed by atoms with Crippen LogP contribution in [0.4, 0.5) is 0 Å². The van der Waals surface area contributed by atoms with Crippen molar-refractivity contribution in [2.75, 3.05) is 0 Å². The highest BCUT2D eigenvalue weighted by Crippen LogP contribution is 2.76. The molecule has 5 aliphatic rings. The van der Waals surface area contributed by atoms with Gasteiger partial charge in [-0.25, -0.2) is 0 Å². The van der Waals surface area contributed by atoms with Crippen LogP contribution in [0.1, 0.15) is 113 Å². The van der Waals surface area contributed by atoms with Crippen LogP contribution in [0.3, 0.4) is 0 Å². The van der Waals surface area contributed by atoms with Gasteiger partial charge in [0, 0.05) is 0 Å². The van der Waals surface area contributed by atoms with Gasteiger partial charge in [0.25, 0.3) is 0 Å². The summed E-state index contributed by atoms with van der Waals surface area (Å²) >= 11 is 0. The lowest BCUT2D eigenvalue weighted by Crippen LogP contribution is -2.69. The number of hydrogen-bond acceptors (Lipinski definition) is 2. The van der Waals surface area contributed by atoms with Crippen LogP contribution in [0.15, 0.2) is 11.6 Å². The molecule has 182 valence electrons. The van der Waals surface area contributed by atoms with Gasteiger partial charge in [-0.2, -0.15) is 0 Å². The van der Waals surface area contributed by atoms with Crippen molar-refractivity contribution < 1.29 is 10.2 Å². The molecule has 5 aliphatic carbocycles. The smallest absolute Gasteiger partial charge is 0.0594 e. The zero-order valence-corrected chi connectivity index (χ0v) is 22.2. The Kier molecular flexibility index (Phi) is 4.87. The van der Waals surface area contributed by atoms with E-state index in [0.717, 1.165) is 19.3 Å². The molecule has 0 amide bonds. The van der Waals surface area contributed by atoms with E-state index in [0.29, 0.717) is 23.2 Å². The fraction of sp³-hybridized carbons (Fsp3) is 0.933. The summed E-state index contributed by atoms with van der Waals surface area (Å²) in [5.74, 6) is 1.34. The zero-order chi connectivity index (χ0) is 23.5. The maximum absolute atomic E-state index is 12.0. The molecule has 0 saturated heterocycles. The van der Waals surface area contributed by atoms with Crippen molar-refractivity contribution in [2.45, 2.75) is 125 Å². The largest absolute Gasteiger partial charge is 0.393 e. The molecular weight excluding hydrogens is 392 g/mol. The van der Waals surface area contributed by atoms with Crippen molar-refractivity contribution in [1.82, 2.24) is 0 Å². The molecular formula is C30H50O2. The summed E-state index contributed by atoms with van der Waals surface area (Å²) in [7, 11) is 0. The van der Waals surface area contributed by atoms with E-state index in [9.17, 15) is 10.2 Å². The monoisotopic (exact) mass is 442 g/mol. The number of fused-ring (bicyclic) bond motifs is 7. The van der Waals surface area contributed by atoms with Gasteiger partial charge in [0.2, 0.25) is 0 Å². The first-order chi connectivity index (χ1) is 14.6. The summed E-state index contributed by atoms with van der Waals surface area (Å²) in [5, 5.41) is 22.9. The van der Waals surface area contributed by atoms with Crippen LogP contribution >= 0.6 is 0 Å². The lowest BCUT2D eigenvalue weighted by molar-refractivity contribution is -0.259. The maximum atomic E-state index is 12.0. The van der Waals surface area contributed by atoms with Gasteiger partial charge in [0.05, 0.1) is 12.2 Å². The second kappa shape index (κ2) is 6.66. The summed E-state index contributed by atoms with van der Waals surface area (Å²) < 4.78 is 0. The minimum atomic E-state index is -0.231. The van der Waals surface area contributed by atoms with Crippen molar-refractivity contribution in [3.8, 4) is 0 Å². The predicted octanol–water partition coefficient (Wildman–Crippen LogP) is 7.14. The Balaban J connectivity index is 1.60. The number of allylic oxidation sites excluding steroid dienone is 2. The minimum Gasteiger partial charge on any atom is -0.393 e. The highest BCUT2D eigenvalue weighted by molar-refractivity contribution is 5.32. The lowest BCUT2D eigenvalue weighted by atomic mass is 9.32. The Hall–Kier alpha value is -0.340. The molecule has 0 aromatic rings. The lowest BCUT2D eigenvalue weighted by Gasteiger charge is -2.73. The van der Waals surface area contributed by atoms with Gasteiger partial charge >= 0.3 is 0 Å². The van der Waals surface area contributed by atoms with Gasteiger partial charge in [0.1, 0.15) is 0 Å². The summed E-state index contributed by atoms with van der Waals surface area (Å²) in [6.45, 7) is 19.6. The van der Waals surface area contributed by atoms with Crippen LogP contribution in [0.5, 0.6) is 0 Å². The average molecular weight is 443 g/mol. The van der Waals surface area contributed by atoms with Crippen LogP contribution in [-0.2, 0) is 0 Å². The molecule has 0 spiro atoms. The molecule has 4 fully saturated rings. The van der Waals surface area contributed by atoms with Crippen molar-refractivity contribution in [3.05, 3.63) is 11.6 Å². The molecule has 4 saturated carbocycles. The topological polar surface area (TPSA) is 40.5 Å². The number of hydrogen-bond donors (Lipinski definition) is 2. The van der Waals surface area contributed by atoms with E-state index < -0.39 is 0 Å². The fourth-order valence-corrected chi connectivity index (χ4v) is 10.7. The van der Waals surface area contributed by atoms with Gasteiger partial charge in [-0.1, -0.05) is 67.0 Å². The summed E-state index contributed by atoms with van der Waals surface area (Å²) in [5.41, 5.74) is 2.78. The van der Waals surface area contributed by atoms with Crippen LogP contribution < -0.4 is 0 Å². The predicted molar refractivity (Wildman–Crippen MR) is 132 cm³/mol. The molecule has 0 aliphatic heterocycles. The summed E-state index contributed by atoms with van der Waals surface area (Å²) in [6, 6.07) is 0. The number of rotatable bonds is 0. The SMILES string of the molecule is CC1(C)C=C2C3C[C@@H](O)C4[C@@]5(C)CC[C@H](O)C(C)(C)C5CC[C@@]4(C)[C@]3(C)CC[C@@]2(C)CC1. The summed E-state index contributed by atoms with van der Waals surface area (Å²) in [6.07, 6.45) is 12.7. The molecule has 2 N–H and O–H groups in total. The van der Waals surface area contributed by atoms with Gasteiger partial charge in [-0.3, -0.25) is 0 Å². The highest BCUT2D eigenvalue weighted by atomic mass is 16.3. The first kappa shape index (κ1) is 23.4. The van der Waals surface area contributed by atoms with Gasteiger partial charge in [0.15, 0.2) is 0 Å². The van der Waals surface area contributed by atoms with E-state index >= 15 is 0 Å². The molecule has 0 heterocycles. The number of aliphatic hydroxyl groups excluding tert-OH is 2. The van der Waals surface area contributed by atoms with E-state index in [4.69, 9.17) is 0 Å². The van der Waals surface area contributed by atoms with Crippen molar-refractivity contribution >= 4 is 0 Å². The maximum Gasteiger partial charge on any atom is 0.0594 e. The van der Waals surface area contributed by atoms with Gasteiger partial charge in [-0.15, -0.1) is 0 Å². The normalized spacial score (nSPS) is 56.2. The molecule has 5 rings (SSSR count). The second-order valence-electron chi connectivity index (χ2n) is 15.3. The third-order valence-corrected chi connectivity index (χ3v) is 12.9. The number of aliphatic hydroxyl groups is 2. The van der Waals surface area contributed by atoms with Crippen LogP contribution in [0, 0.1) is 50.2 Å². The molecule has 0 bridgehead atoms. The molecule has 9 atom stereocenters. The first-order valence-corrected chi connectivity index (χ1v) is 13.7. The molecule has 0 aromatic heterocycles. The first-order valence-electron chi connectivity index (χ1n) is 13.7. The highest BCUT2D eigenvalue weighted by Gasteiger charge is 2.70. The van der Waals surface area contributed by atoms with Crippen LogP contribution in [0.25, 0.3) is 0 Å². The van der Waals surface area contributed by atoms with E-state index in [1.54, 1.807) is 5.57 Å². The minimum absolute atomic E-state index is 0.0626. The second-order valence-corrected chi connectivity index (χ2v) is 15.3. The quantitative estimate of drug-likeness (QED) is 0.391. The van der Waals surface area contributed by atoms with Gasteiger partial charge in [-0.05, 0) is 108 Å². The molecule has 2 heteroatoms. The van der Waals surface area contributed by atoms with Crippen molar-refractivity contribution in [2.24, 2.45) is 50.2 Å². The standard InChI is InChI=1S/C30H50O2/c1-25(2)13-14-27(5)15-16-29(7)19(20(27)18-25)17-21(31)24-28(6)11-10-23(32)26(3,4)22(28)9-12-30(24,29)8/h18-19,21-24,31-32H,9-17H2,1-8H3/t19?,21-,22?,23+,24?,27-,28+,29-,30-/m1/s1. The van der Waals surface area contributed by atoms with Crippen molar-refractivity contribution in [3.63, 3.8) is 0 Å². The molecule has 32 heavy (non-hydrogen) atoms. The molecule has 0 aromatic carbocycles. The van der Waals surface area contributed by atoms with E-state index in [1.807, 2.05) is 0 Å². The Morgan fingerprint density at radius 3 is 2.09 bits per heavy atom. The van der Waals surface area contributed by atoms with Gasteiger partial charge < -0.3 is 10.2 Å². The molecule has 0 radical (unpaired) electrons. The third kappa shape index (κ3) is 2.78. The Bertz CT molecular complexity index is 825.